The summed E-state index contributed by atoms with van der Waals surface area (Å²) in [4.78, 5) is 20.9. The van der Waals surface area contributed by atoms with E-state index in [0.717, 1.165) is 6.07 Å². The van der Waals surface area contributed by atoms with Gasteiger partial charge in [0.05, 0.1) is 16.4 Å². The minimum Gasteiger partial charge on any atom is -0.508 e. The first-order chi connectivity index (χ1) is 10.4. The Hall–Kier alpha value is -2.80. The number of carboxylic acid groups (broad SMARTS) is 1. The van der Waals surface area contributed by atoms with Gasteiger partial charge in [-0.3, -0.25) is 14.9 Å². The number of halogens is 1. The molecule has 114 valence electrons. The number of aromatic hydroxyl groups is 1. The number of carbonyl (C=O) groups is 1. The number of ether oxygens (including phenoxy) is 1. The summed E-state index contributed by atoms with van der Waals surface area (Å²) >= 11 is 5.92. The molecule has 2 N–H and O–H groups in total. The van der Waals surface area contributed by atoms with E-state index in [9.17, 15) is 20.0 Å². The third-order valence-corrected chi connectivity index (χ3v) is 3.03. The van der Waals surface area contributed by atoms with E-state index in [1.807, 2.05) is 0 Å². The monoisotopic (exact) mass is 323 g/mol. The van der Waals surface area contributed by atoms with Crippen molar-refractivity contribution < 1.29 is 24.7 Å². The zero-order valence-electron chi connectivity index (χ0n) is 11.0. The van der Waals surface area contributed by atoms with Gasteiger partial charge in [-0.25, -0.2) is 0 Å². The number of benzene rings is 2. The number of phenols is 1. The van der Waals surface area contributed by atoms with Crippen LogP contribution < -0.4 is 4.74 Å². The van der Waals surface area contributed by atoms with Crippen LogP contribution in [0.1, 0.15) is 5.56 Å². The van der Waals surface area contributed by atoms with Crippen molar-refractivity contribution in [2.75, 3.05) is 0 Å². The molecule has 0 aliphatic heterocycles. The lowest BCUT2D eigenvalue weighted by atomic mass is 10.1. The predicted octanol–water partition coefficient (Wildman–Crippen LogP) is 3.37. The second-order valence-electron chi connectivity index (χ2n) is 4.34. The first-order valence-electron chi connectivity index (χ1n) is 6.02. The molecule has 0 saturated carbocycles. The van der Waals surface area contributed by atoms with Crippen molar-refractivity contribution in [2.45, 2.75) is 6.42 Å². The van der Waals surface area contributed by atoms with Crippen molar-refractivity contribution >= 4 is 23.3 Å². The molecule has 2 aromatic rings. The first-order valence-corrected chi connectivity index (χ1v) is 6.40. The van der Waals surface area contributed by atoms with Crippen LogP contribution in [-0.2, 0) is 11.2 Å². The minimum atomic E-state index is -1.09. The van der Waals surface area contributed by atoms with Gasteiger partial charge in [-0.2, -0.15) is 0 Å². The number of aliphatic carboxylic acids is 1. The van der Waals surface area contributed by atoms with E-state index in [1.165, 1.54) is 30.3 Å². The summed E-state index contributed by atoms with van der Waals surface area (Å²) in [6.45, 7) is 0. The number of rotatable bonds is 5. The van der Waals surface area contributed by atoms with Crippen LogP contribution in [0, 0.1) is 10.1 Å². The number of carboxylic acids is 1. The van der Waals surface area contributed by atoms with Crippen molar-refractivity contribution in [1.29, 1.82) is 0 Å². The van der Waals surface area contributed by atoms with Crippen LogP contribution in [0.3, 0.4) is 0 Å². The molecule has 0 bridgehead atoms. The largest absolute Gasteiger partial charge is 0.508 e. The number of hydrogen-bond acceptors (Lipinski definition) is 5. The maximum atomic E-state index is 10.8. The highest BCUT2D eigenvalue weighted by Gasteiger charge is 2.14. The molecule has 0 aliphatic carbocycles. The van der Waals surface area contributed by atoms with Crippen LogP contribution in [0.2, 0.25) is 5.02 Å². The normalized spacial score (nSPS) is 10.2. The van der Waals surface area contributed by atoms with Gasteiger partial charge in [0.2, 0.25) is 0 Å². The molecule has 0 atom stereocenters. The summed E-state index contributed by atoms with van der Waals surface area (Å²) in [7, 11) is 0. The van der Waals surface area contributed by atoms with Gasteiger partial charge in [-0.05, 0) is 24.3 Å². The number of phenolic OH excluding ortho intramolecular Hbond substituents is 1. The van der Waals surface area contributed by atoms with Gasteiger partial charge >= 0.3 is 5.97 Å². The summed E-state index contributed by atoms with van der Waals surface area (Å²) in [6, 6.07) is 7.67. The zero-order chi connectivity index (χ0) is 16.3. The second kappa shape index (κ2) is 6.31. The van der Waals surface area contributed by atoms with E-state index in [4.69, 9.17) is 21.4 Å². The lowest BCUT2D eigenvalue weighted by Gasteiger charge is -2.11. The number of nitrogens with zero attached hydrogens (tertiary/aromatic N) is 1. The molecule has 0 amide bonds. The lowest BCUT2D eigenvalue weighted by Crippen LogP contribution is -2.02. The average molecular weight is 324 g/mol. The highest BCUT2D eigenvalue weighted by Crippen LogP contribution is 2.34. The Labute approximate surface area is 129 Å². The fraction of sp³-hybridized carbons (Fsp3) is 0.0714. The van der Waals surface area contributed by atoms with Gasteiger partial charge in [-0.1, -0.05) is 11.6 Å². The maximum absolute atomic E-state index is 10.8. The predicted molar refractivity (Wildman–Crippen MR) is 77.6 cm³/mol. The Morgan fingerprint density at radius 3 is 2.50 bits per heavy atom. The fourth-order valence-corrected chi connectivity index (χ4v) is 1.98. The summed E-state index contributed by atoms with van der Waals surface area (Å²) < 4.78 is 5.50. The van der Waals surface area contributed by atoms with Crippen molar-refractivity contribution in [3.05, 3.63) is 57.1 Å². The SMILES string of the molecule is O=C(O)Cc1cc(O)ccc1Oc1ccc([N+](=O)[O-])cc1Cl. The quantitative estimate of drug-likeness (QED) is 0.644. The van der Waals surface area contributed by atoms with Crippen LogP contribution in [0.4, 0.5) is 5.69 Å². The molecule has 0 spiro atoms. The van der Waals surface area contributed by atoms with Crippen LogP contribution in [0.25, 0.3) is 0 Å². The van der Waals surface area contributed by atoms with E-state index in [-0.39, 0.29) is 39.9 Å². The van der Waals surface area contributed by atoms with Gasteiger partial charge < -0.3 is 14.9 Å². The van der Waals surface area contributed by atoms with E-state index in [1.54, 1.807) is 0 Å². The number of hydrogen-bond donors (Lipinski definition) is 2. The van der Waals surface area contributed by atoms with Crippen LogP contribution in [-0.4, -0.2) is 21.1 Å². The van der Waals surface area contributed by atoms with Crippen molar-refractivity contribution in [1.82, 2.24) is 0 Å². The number of non-ortho nitro benzene ring substituents is 1. The van der Waals surface area contributed by atoms with E-state index >= 15 is 0 Å². The maximum Gasteiger partial charge on any atom is 0.307 e. The molecular formula is C14H10ClNO6. The van der Waals surface area contributed by atoms with Gasteiger partial charge in [0.15, 0.2) is 0 Å². The molecule has 0 aromatic heterocycles. The zero-order valence-corrected chi connectivity index (χ0v) is 11.8. The highest BCUT2D eigenvalue weighted by molar-refractivity contribution is 6.32. The summed E-state index contributed by atoms with van der Waals surface area (Å²) in [5.41, 5.74) is 0.0655. The first kappa shape index (κ1) is 15.6. The fourth-order valence-electron chi connectivity index (χ4n) is 1.77. The van der Waals surface area contributed by atoms with Gasteiger partial charge in [0, 0.05) is 17.7 Å². The molecule has 2 aromatic carbocycles. The van der Waals surface area contributed by atoms with Crippen molar-refractivity contribution in [3.63, 3.8) is 0 Å². The standard InChI is InChI=1S/C14H10ClNO6/c15-11-7-9(16(20)21)1-3-13(11)22-12-4-2-10(17)5-8(12)6-14(18)19/h1-5,7,17H,6H2,(H,18,19). The molecule has 0 heterocycles. The van der Waals surface area contributed by atoms with Gasteiger partial charge in [0.1, 0.15) is 17.2 Å². The Morgan fingerprint density at radius 2 is 1.91 bits per heavy atom. The third kappa shape index (κ3) is 3.64. The summed E-state index contributed by atoms with van der Waals surface area (Å²) in [6.07, 6.45) is -0.353. The second-order valence-corrected chi connectivity index (χ2v) is 4.74. The smallest absolute Gasteiger partial charge is 0.307 e. The van der Waals surface area contributed by atoms with Gasteiger partial charge in [-0.15, -0.1) is 0 Å². The molecule has 0 saturated heterocycles. The Kier molecular flexibility index (Phi) is 4.47. The molecular weight excluding hydrogens is 314 g/mol. The average Bonchev–Trinajstić information content (AvgIpc) is 2.42. The van der Waals surface area contributed by atoms with Gasteiger partial charge in [0.25, 0.3) is 5.69 Å². The minimum absolute atomic E-state index is 0.0172. The molecule has 8 heteroatoms. The van der Waals surface area contributed by atoms with E-state index in [2.05, 4.69) is 0 Å². The van der Waals surface area contributed by atoms with Crippen molar-refractivity contribution in [2.24, 2.45) is 0 Å². The third-order valence-electron chi connectivity index (χ3n) is 2.73. The van der Waals surface area contributed by atoms with E-state index in [0.29, 0.717) is 0 Å². The molecule has 0 aliphatic rings. The molecule has 0 unspecified atom stereocenters. The van der Waals surface area contributed by atoms with Crippen LogP contribution in [0.5, 0.6) is 17.2 Å². The molecule has 0 fully saturated rings. The molecule has 2 rings (SSSR count). The molecule has 7 nitrogen and oxygen atoms in total. The molecule has 22 heavy (non-hydrogen) atoms. The highest BCUT2D eigenvalue weighted by atomic mass is 35.5. The Balaban J connectivity index is 2.34. The van der Waals surface area contributed by atoms with Crippen LogP contribution >= 0.6 is 11.6 Å². The number of nitro groups is 1. The topological polar surface area (TPSA) is 110 Å². The summed E-state index contributed by atoms with van der Waals surface area (Å²) in [5, 5.41) is 28.9. The Bertz CT molecular complexity index is 746. The van der Waals surface area contributed by atoms with E-state index < -0.39 is 10.9 Å². The Morgan fingerprint density at radius 1 is 1.23 bits per heavy atom. The molecule has 0 radical (unpaired) electrons. The van der Waals surface area contributed by atoms with Crippen LogP contribution in [0.15, 0.2) is 36.4 Å². The summed E-state index contributed by atoms with van der Waals surface area (Å²) in [5.74, 6) is -0.857. The lowest BCUT2D eigenvalue weighted by molar-refractivity contribution is -0.384. The van der Waals surface area contributed by atoms with Crippen molar-refractivity contribution in [3.8, 4) is 17.2 Å². The number of nitro benzene ring substituents is 1.